The number of anilines is 1. The quantitative estimate of drug-likeness (QED) is 0.653. The molecule has 0 aliphatic carbocycles. The zero-order valence-corrected chi connectivity index (χ0v) is 17.5. The molecule has 1 aliphatic rings. The summed E-state index contributed by atoms with van der Waals surface area (Å²) < 4.78 is 0. The molecule has 0 bridgehead atoms. The minimum Gasteiger partial charge on any atom is -0.396 e. The van der Waals surface area contributed by atoms with Gasteiger partial charge in [0.25, 0.3) is 0 Å². The Kier molecular flexibility index (Phi) is 5.95. The Labute approximate surface area is 165 Å². The molecule has 1 aliphatic heterocycles. The number of aliphatic hydroxyl groups is 1. The van der Waals surface area contributed by atoms with Crippen LogP contribution in [0.3, 0.4) is 0 Å². The lowest BCUT2D eigenvalue weighted by molar-refractivity contribution is 0.213. The minimum atomic E-state index is 0.159. The minimum absolute atomic E-state index is 0.159. The lowest BCUT2D eigenvalue weighted by Crippen LogP contribution is -2.31. The molecule has 2 N–H and O–H groups in total. The highest BCUT2D eigenvalue weighted by atomic mass is 16.3. The van der Waals surface area contributed by atoms with Gasteiger partial charge in [-0.1, -0.05) is 77.1 Å². The fraction of sp³-hybridized carbons (Fsp3) is 0.520. The molecule has 3 rings (SSSR count). The van der Waals surface area contributed by atoms with Crippen molar-refractivity contribution in [2.45, 2.75) is 64.8 Å². The second kappa shape index (κ2) is 8.06. The van der Waals surface area contributed by atoms with Crippen molar-refractivity contribution in [1.82, 2.24) is 0 Å². The van der Waals surface area contributed by atoms with Gasteiger partial charge < -0.3 is 10.4 Å². The fourth-order valence-electron chi connectivity index (χ4n) is 4.31. The summed E-state index contributed by atoms with van der Waals surface area (Å²) in [5, 5.41) is 13.3. The Morgan fingerprint density at radius 2 is 1.78 bits per heavy atom. The summed E-state index contributed by atoms with van der Waals surface area (Å²) in [5.41, 5.74) is 5.63. The van der Waals surface area contributed by atoms with E-state index in [0.717, 1.165) is 12.8 Å². The van der Waals surface area contributed by atoms with Crippen molar-refractivity contribution in [1.29, 1.82) is 0 Å². The number of aliphatic hydroxyl groups excluding tert-OH is 1. The van der Waals surface area contributed by atoms with Crippen LogP contribution in [0.5, 0.6) is 0 Å². The van der Waals surface area contributed by atoms with Gasteiger partial charge in [-0.25, -0.2) is 0 Å². The van der Waals surface area contributed by atoms with Crippen LogP contribution < -0.4 is 5.32 Å². The highest BCUT2D eigenvalue weighted by molar-refractivity contribution is 5.59. The number of fused-ring (bicyclic) bond motifs is 1. The van der Waals surface area contributed by atoms with Crippen LogP contribution in [-0.2, 0) is 5.41 Å². The molecule has 0 aromatic heterocycles. The standard InChI is InChI=1S/C25H35NO/c1-17(16-27)11-13-21-18(2)22-15-20(25(3,4)5)12-14-23(22)26-24(21)19-9-7-6-8-10-19/h6-10,12,14-15,17-18,21,24,26-27H,11,13,16H2,1-5H3. The van der Waals surface area contributed by atoms with E-state index in [1.807, 2.05) is 0 Å². The van der Waals surface area contributed by atoms with Crippen molar-refractivity contribution in [2.24, 2.45) is 11.8 Å². The van der Waals surface area contributed by atoms with Gasteiger partial charge in [0.2, 0.25) is 0 Å². The van der Waals surface area contributed by atoms with E-state index in [1.165, 1.54) is 22.4 Å². The first-order chi connectivity index (χ1) is 12.8. The van der Waals surface area contributed by atoms with Crippen molar-refractivity contribution in [2.75, 3.05) is 11.9 Å². The van der Waals surface area contributed by atoms with E-state index < -0.39 is 0 Å². The van der Waals surface area contributed by atoms with Gasteiger partial charge in [-0.2, -0.15) is 0 Å². The third-order valence-corrected chi connectivity index (χ3v) is 6.25. The van der Waals surface area contributed by atoms with E-state index in [9.17, 15) is 5.11 Å². The van der Waals surface area contributed by atoms with Crippen LogP contribution in [0.4, 0.5) is 5.69 Å². The summed E-state index contributed by atoms with van der Waals surface area (Å²) in [6, 6.07) is 18.1. The molecule has 0 saturated heterocycles. The van der Waals surface area contributed by atoms with E-state index in [-0.39, 0.29) is 12.0 Å². The van der Waals surface area contributed by atoms with Crippen LogP contribution >= 0.6 is 0 Å². The van der Waals surface area contributed by atoms with E-state index in [1.54, 1.807) is 0 Å². The molecule has 0 amide bonds. The number of rotatable bonds is 5. The monoisotopic (exact) mass is 365 g/mol. The maximum atomic E-state index is 9.48. The predicted molar refractivity (Wildman–Crippen MR) is 115 cm³/mol. The summed E-state index contributed by atoms with van der Waals surface area (Å²) in [6.45, 7) is 11.6. The lowest BCUT2D eigenvalue weighted by Gasteiger charge is -2.41. The van der Waals surface area contributed by atoms with Gasteiger partial charge in [0.1, 0.15) is 0 Å². The Bertz CT molecular complexity index is 747. The largest absolute Gasteiger partial charge is 0.396 e. The van der Waals surface area contributed by atoms with Gasteiger partial charge in [-0.3, -0.25) is 0 Å². The van der Waals surface area contributed by atoms with E-state index >= 15 is 0 Å². The van der Waals surface area contributed by atoms with Crippen LogP contribution in [0.15, 0.2) is 48.5 Å². The fourth-order valence-corrected chi connectivity index (χ4v) is 4.31. The molecule has 2 aromatic carbocycles. The third kappa shape index (κ3) is 4.38. The number of hydrogen-bond acceptors (Lipinski definition) is 2. The molecule has 0 fully saturated rings. The highest BCUT2D eigenvalue weighted by Crippen LogP contribution is 2.47. The molecular weight excluding hydrogens is 330 g/mol. The van der Waals surface area contributed by atoms with Gasteiger partial charge >= 0.3 is 0 Å². The summed E-state index contributed by atoms with van der Waals surface area (Å²) in [5.74, 6) is 1.36. The molecular formula is C25H35NO. The normalized spacial score (nSPS) is 23.4. The third-order valence-electron chi connectivity index (χ3n) is 6.25. The van der Waals surface area contributed by atoms with Crippen LogP contribution in [-0.4, -0.2) is 11.7 Å². The van der Waals surface area contributed by atoms with E-state index in [2.05, 4.69) is 88.5 Å². The second-order valence-corrected chi connectivity index (χ2v) is 9.40. The lowest BCUT2D eigenvalue weighted by atomic mass is 9.72. The molecule has 0 saturated carbocycles. The maximum Gasteiger partial charge on any atom is 0.0547 e. The SMILES string of the molecule is CC(CO)CCC1C(C)c2cc(C(C)(C)C)ccc2NC1c1ccccc1. The Balaban J connectivity index is 1.97. The van der Waals surface area contributed by atoms with Crippen molar-refractivity contribution >= 4 is 5.69 Å². The average Bonchev–Trinajstić information content (AvgIpc) is 2.66. The first-order valence-corrected chi connectivity index (χ1v) is 10.4. The summed E-state index contributed by atoms with van der Waals surface area (Å²) >= 11 is 0. The number of hydrogen-bond donors (Lipinski definition) is 2. The van der Waals surface area contributed by atoms with Gasteiger partial charge in [-0.15, -0.1) is 0 Å². The molecule has 4 unspecified atom stereocenters. The van der Waals surface area contributed by atoms with E-state index in [4.69, 9.17) is 0 Å². The van der Waals surface area contributed by atoms with Crippen molar-refractivity contribution < 1.29 is 5.11 Å². The molecule has 4 atom stereocenters. The van der Waals surface area contributed by atoms with Crippen LogP contribution in [0, 0.1) is 11.8 Å². The molecule has 2 aromatic rings. The van der Waals surface area contributed by atoms with Crippen molar-refractivity contribution in [3.05, 3.63) is 65.2 Å². The van der Waals surface area contributed by atoms with Crippen LogP contribution in [0.1, 0.15) is 76.1 Å². The molecule has 146 valence electrons. The smallest absolute Gasteiger partial charge is 0.0547 e. The Morgan fingerprint density at radius 1 is 1.07 bits per heavy atom. The molecule has 27 heavy (non-hydrogen) atoms. The Morgan fingerprint density at radius 3 is 2.41 bits per heavy atom. The maximum absolute atomic E-state index is 9.48. The molecule has 2 heteroatoms. The summed E-state index contributed by atoms with van der Waals surface area (Å²) in [6.07, 6.45) is 2.18. The average molecular weight is 366 g/mol. The second-order valence-electron chi connectivity index (χ2n) is 9.40. The zero-order valence-electron chi connectivity index (χ0n) is 17.5. The van der Waals surface area contributed by atoms with Crippen molar-refractivity contribution in [3.63, 3.8) is 0 Å². The topological polar surface area (TPSA) is 32.3 Å². The van der Waals surface area contributed by atoms with Crippen LogP contribution in [0.25, 0.3) is 0 Å². The van der Waals surface area contributed by atoms with Gasteiger partial charge in [-0.05, 0) is 58.8 Å². The van der Waals surface area contributed by atoms with Crippen molar-refractivity contribution in [3.8, 4) is 0 Å². The molecule has 1 heterocycles. The predicted octanol–water partition coefficient (Wildman–Crippen LogP) is 6.28. The Hall–Kier alpha value is -1.80. The van der Waals surface area contributed by atoms with Crippen LogP contribution in [0.2, 0.25) is 0 Å². The first kappa shape index (κ1) is 19.9. The summed E-state index contributed by atoms with van der Waals surface area (Å²) in [7, 11) is 0. The highest BCUT2D eigenvalue weighted by Gasteiger charge is 2.35. The van der Waals surface area contributed by atoms with Gasteiger partial charge in [0.15, 0.2) is 0 Å². The first-order valence-electron chi connectivity index (χ1n) is 10.4. The van der Waals surface area contributed by atoms with Gasteiger partial charge in [0, 0.05) is 12.3 Å². The van der Waals surface area contributed by atoms with E-state index in [0.29, 0.717) is 23.8 Å². The molecule has 0 spiro atoms. The zero-order chi connectivity index (χ0) is 19.6. The van der Waals surface area contributed by atoms with Gasteiger partial charge in [0.05, 0.1) is 6.04 Å². The molecule has 0 radical (unpaired) electrons. The summed E-state index contributed by atoms with van der Waals surface area (Å²) in [4.78, 5) is 0. The number of benzene rings is 2. The number of nitrogens with one attached hydrogen (secondary N) is 1. The molecule has 2 nitrogen and oxygen atoms in total.